The van der Waals surface area contributed by atoms with Gasteiger partial charge in [0.15, 0.2) is 17.3 Å². The molecule has 0 spiro atoms. The van der Waals surface area contributed by atoms with Crippen molar-refractivity contribution in [1.82, 2.24) is 4.90 Å². The van der Waals surface area contributed by atoms with Crippen LogP contribution in [0.1, 0.15) is 38.7 Å². The Morgan fingerprint density at radius 2 is 1.72 bits per heavy atom. The number of nitrogens with zero attached hydrogens (tertiary/aromatic N) is 1. The van der Waals surface area contributed by atoms with Crippen molar-refractivity contribution in [2.24, 2.45) is 0 Å². The van der Waals surface area contributed by atoms with Crippen molar-refractivity contribution in [2.75, 3.05) is 26.3 Å². The molecule has 0 saturated carbocycles. The van der Waals surface area contributed by atoms with E-state index in [0.29, 0.717) is 62.4 Å². The summed E-state index contributed by atoms with van der Waals surface area (Å²) in [6, 6.07) is 1.33. The first-order valence-electron chi connectivity index (χ1n) is 9.27. The number of ether oxygens (including phenoxy) is 3. The van der Waals surface area contributed by atoms with Crippen LogP contribution in [0, 0.1) is 0 Å². The van der Waals surface area contributed by atoms with E-state index in [2.05, 4.69) is 0 Å². The molecule has 1 aromatic carbocycles. The number of ketones is 1. The Balaban J connectivity index is 2.26. The fourth-order valence-electron chi connectivity index (χ4n) is 3.56. The van der Waals surface area contributed by atoms with Gasteiger partial charge in [-0.2, -0.15) is 0 Å². The molecular weight excluding hydrogens is 421 g/mol. The number of allylic oxidation sites excluding steroid dienone is 2. The lowest BCUT2D eigenvalue weighted by atomic mass is 9.88. The van der Waals surface area contributed by atoms with Crippen LogP contribution in [0.2, 0.25) is 10.0 Å². The van der Waals surface area contributed by atoms with E-state index < -0.39 is 11.9 Å². The summed E-state index contributed by atoms with van der Waals surface area (Å²) in [5.41, 5.74) is 1.45. The molecule has 1 fully saturated rings. The summed E-state index contributed by atoms with van der Waals surface area (Å²) in [7, 11) is 0. The molecule has 1 aliphatic heterocycles. The van der Waals surface area contributed by atoms with Gasteiger partial charge >= 0.3 is 11.9 Å². The fourth-order valence-corrected chi connectivity index (χ4v) is 4.08. The van der Waals surface area contributed by atoms with Crippen LogP contribution in [0.4, 0.5) is 0 Å². The molecule has 1 heterocycles. The summed E-state index contributed by atoms with van der Waals surface area (Å²) in [5, 5.41) is 0.124. The minimum absolute atomic E-state index is 0.0213. The SMILES string of the molecule is CC(=O)Oc1cc(Cl)c(OC(C)=O)c(C2=C(N3CCOCC3)C(=O)CCC2)c1Cl. The van der Waals surface area contributed by atoms with Gasteiger partial charge in [-0.15, -0.1) is 0 Å². The van der Waals surface area contributed by atoms with E-state index in [0.717, 1.165) is 0 Å². The monoisotopic (exact) mass is 441 g/mol. The van der Waals surface area contributed by atoms with E-state index in [9.17, 15) is 14.4 Å². The van der Waals surface area contributed by atoms with Gasteiger partial charge in [0.1, 0.15) is 0 Å². The maximum Gasteiger partial charge on any atom is 0.308 e. The number of carbonyl (C=O) groups is 3. The Bertz CT molecular complexity index is 889. The third-order valence-corrected chi connectivity index (χ3v) is 5.30. The van der Waals surface area contributed by atoms with Crippen molar-refractivity contribution in [2.45, 2.75) is 33.1 Å². The molecule has 1 saturated heterocycles. The standard InChI is InChI=1S/C20H21Cl2NO6/c1-11(24)28-16-10-14(21)20(29-12(2)25)17(18(16)22)13-4-3-5-15(26)19(13)23-6-8-27-9-7-23/h10H,3-9H2,1-2H3. The van der Waals surface area contributed by atoms with Crippen LogP contribution in [0.5, 0.6) is 11.5 Å². The van der Waals surface area contributed by atoms with Crippen LogP contribution in [-0.2, 0) is 19.1 Å². The average molecular weight is 442 g/mol. The Morgan fingerprint density at radius 1 is 1.07 bits per heavy atom. The van der Waals surface area contributed by atoms with Crippen molar-refractivity contribution < 1.29 is 28.6 Å². The van der Waals surface area contributed by atoms with Crippen molar-refractivity contribution in [3.05, 3.63) is 27.4 Å². The molecule has 1 aliphatic carbocycles. The normalized spacial score (nSPS) is 17.4. The average Bonchev–Trinajstić information content (AvgIpc) is 2.66. The molecule has 0 bridgehead atoms. The summed E-state index contributed by atoms with van der Waals surface area (Å²) < 4.78 is 15.9. The van der Waals surface area contributed by atoms with Gasteiger partial charge in [-0.3, -0.25) is 14.4 Å². The zero-order valence-corrected chi connectivity index (χ0v) is 17.7. The molecule has 0 unspecified atom stereocenters. The molecule has 0 atom stereocenters. The number of benzene rings is 1. The molecule has 9 heteroatoms. The highest BCUT2D eigenvalue weighted by Gasteiger charge is 2.32. The van der Waals surface area contributed by atoms with Crippen molar-refractivity contribution in [3.63, 3.8) is 0 Å². The molecule has 0 amide bonds. The number of hydrogen-bond donors (Lipinski definition) is 0. The van der Waals surface area contributed by atoms with Crippen LogP contribution in [0.3, 0.4) is 0 Å². The zero-order valence-electron chi connectivity index (χ0n) is 16.2. The highest BCUT2D eigenvalue weighted by atomic mass is 35.5. The van der Waals surface area contributed by atoms with E-state index in [4.69, 9.17) is 37.4 Å². The summed E-state index contributed by atoms with van der Waals surface area (Å²) in [6.45, 7) is 4.61. The highest BCUT2D eigenvalue weighted by molar-refractivity contribution is 6.37. The Hall–Kier alpha value is -2.09. The minimum atomic E-state index is -0.583. The van der Waals surface area contributed by atoms with Crippen molar-refractivity contribution >= 4 is 46.5 Å². The number of halogens is 2. The number of esters is 2. The predicted octanol–water partition coefficient (Wildman–Crippen LogP) is 3.64. The first-order valence-corrected chi connectivity index (χ1v) is 10.0. The maximum atomic E-state index is 12.9. The van der Waals surface area contributed by atoms with E-state index in [1.54, 1.807) is 0 Å². The molecule has 2 aliphatic rings. The van der Waals surface area contributed by atoms with Gasteiger partial charge in [-0.25, -0.2) is 0 Å². The number of carbonyl (C=O) groups excluding carboxylic acids is 3. The number of rotatable bonds is 4. The van der Waals surface area contributed by atoms with Crippen LogP contribution >= 0.6 is 23.2 Å². The smallest absolute Gasteiger partial charge is 0.308 e. The second-order valence-electron chi connectivity index (χ2n) is 6.77. The summed E-state index contributed by atoms with van der Waals surface area (Å²) >= 11 is 12.9. The van der Waals surface area contributed by atoms with E-state index in [1.165, 1.54) is 19.9 Å². The summed E-state index contributed by atoms with van der Waals surface area (Å²) in [6.07, 6.45) is 1.56. The fraction of sp³-hybridized carbons (Fsp3) is 0.450. The molecular formula is C20H21Cl2NO6. The lowest BCUT2D eigenvalue weighted by molar-refractivity contribution is -0.133. The van der Waals surface area contributed by atoms with Crippen LogP contribution in [-0.4, -0.2) is 48.9 Å². The predicted molar refractivity (Wildman–Crippen MR) is 107 cm³/mol. The second-order valence-corrected chi connectivity index (χ2v) is 7.55. The van der Waals surface area contributed by atoms with Gasteiger partial charge in [0.25, 0.3) is 0 Å². The number of morpholine rings is 1. The third-order valence-electron chi connectivity index (χ3n) is 4.65. The van der Waals surface area contributed by atoms with E-state index in [1.807, 2.05) is 4.90 Å². The Morgan fingerprint density at radius 3 is 2.34 bits per heavy atom. The van der Waals surface area contributed by atoms with Crippen LogP contribution < -0.4 is 9.47 Å². The van der Waals surface area contributed by atoms with Gasteiger partial charge in [-0.05, 0) is 18.4 Å². The Labute approximate surface area is 178 Å². The van der Waals surface area contributed by atoms with Crippen molar-refractivity contribution in [3.8, 4) is 11.5 Å². The summed E-state index contributed by atoms with van der Waals surface area (Å²) in [5.74, 6) is -1.08. The van der Waals surface area contributed by atoms with Gasteiger partial charge in [0.2, 0.25) is 0 Å². The minimum Gasteiger partial charge on any atom is -0.425 e. The van der Waals surface area contributed by atoms with Gasteiger partial charge in [-0.1, -0.05) is 23.2 Å². The summed E-state index contributed by atoms with van der Waals surface area (Å²) in [4.78, 5) is 38.0. The lowest BCUT2D eigenvalue weighted by Crippen LogP contribution is -2.39. The van der Waals surface area contributed by atoms with Crippen LogP contribution in [0.15, 0.2) is 11.8 Å². The molecule has 29 heavy (non-hydrogen) atoms. The maximum absolute atomic E-state index is 12.9. The number of hydrogen-bond acceptors (Lipinski definition) is 7. The lowest BCUT2D eigenvalue weighted by Gasteiger charge is -2.34. The molecule has 1 aromatic rings. The largest absolute Gasteiger partial charge is 0.425 e. The first kappa shape index (κ1) is 21.6. The molecule has 0 aromatic heterocycles. The molecule has 3 rings (SSSR count). The zero-order chi connectivity index (χ0) is 21.1. The second kappa shape index (κ2) is 9.15. The molecule has 0 radical (unpaired) electrons. The highest BCUT2D eigenvalue weighted by Crippen LogP contribution is 2.48. The molecule has 0 N–H and O–H groups in total. The van der Waals surface area contributed by atoms with E-state index >= 15 is 0 Å². The third kappa shape index (κ3) is 4.74. The van der Waals surface area contributed by atoms with E-state index in [-0.39, 0.29) is 27.3 Å². The number of Topliss-reactive ketones (excluding diaryl/α,β-unsaturated/α-hetero) is 1. The van der Waals surface area contributed by atoms with Gasteiger partial charge in [0.05, 0.1) is 29.0 Å². The van der Waals surface area contributed by atoms with Crippen LogP contribution in [0.25, 0.3) is 5.57 Å². The Kier molecular flexibility index (Phi) is 6.82. The van der Waals surface area contributed by atoms with Crippen molar-refractivity contribution in [1.29, 1.82) is 0 Å². The molecule has 156 valence electrons. The van der Waals surface area contributed by atoms with Gasteiger partial charge < -0.3 is 19.1 Å². The quantitative estimate of drug-likeness (QED) is 0.520. The topological polar surface area (TPSA) is 82.1 Å². The van der Waals surface area contributed by atoms with Gasteiger partial charge in [0, 0.05) is 45.0 Å². The first-order chi connectivity index (χ1) is 13.8. The molecule has 7 nitrogen and oxygen atoms in total.